The summed E-state index contributed by atoms with van der Waals surface area (Å²) in [4.78, 5) is 17.5. The summed E-state index contributed by atoms with van der Waals surface area (Å²) in [5, 5.41) is 0. The first-order valence-electron chi connectivity index (χ1n) is 2.60. The lowest BCUT2D eigenvalue weighted by molar-refractivity contribution is 0.242. The summed E-state index contributed by atoms with van der Waals surface area (Å²) in [6, 6.07) is 0. The molecule has 0 aliphatic rings. The summed E-state index contributed by atoms with van der Waals surface area (Å²) in [6.45, 7) is 3.79. The molecule has 0 aromatic rings. The maximum Gasteiger partial charge on any atom is 0.405 e. The van der Waals surface area contributed by atoms with Crippen molar-refractivity contribution in [3.8, 4) is 0 Å². The maximum absolute atomic E-state index is 8.77. The Morgan fingerprint density at radius 2 is 1.88 bits per heavy atom. The molecule has 0 fully saturated rings. The maximum atomic E-state index is 8.77. The lowest BCUT2D eigenvalue weighted by atomic mass is 10.9. The quantitative estimate of drug-likeness (QED) is 0.568. The molecular weight excluding hydrogens is 127 g/mol. The molecule has 0 aliphatic carbocycles. The van der Waals surface area contributed by atoms with E-state index in [1.165, 1.54) is 0 Å². The monoisotopic (exact) mass is 139 g/mol. The normalized spacial score (nSPS) is 12.0. The van der Waals surface area contributed by atoms with E-state index < -0.39 is 7.94 Å². The van der Waals surface area contributed by atoms with Gasteiger partial charge in [0.1, 0.15) is 6.16 Å². The van der Waals surface area contributed by atoms with Crippen molar-refractivity contribution in [3.63, 3.8) is 0 Å². The van der Waals surface area contributed by atoms with E-state index in [4.69, 9.17) is 9.79 Å². The topological polar surface area (TPSA) is 49.7 Å². The van der Waals surface area contributed by atoms with Gasteiger partial charge in [0.2, 0.25) is 0 Å². The molecule has 50 valence electrons. The molecule has 0 spiro atoms. The highest BCUT2D eigenvalue weighted by Crippen LogP contribution is 2.49. The molecule has 0 radical (unpaired) electrons. The molecular formula is C4H12O3P+. The zero-order valence-corrected chi connectivity index (χ0v) is 6.06. The van der Waals surface area contributed by atoms with Crippen molar-refractivity contribution in [2.45, 2.75) is 13.8 Å². The second kappa shape index (κ2) is 3.36. The van der Waals surface area contributed by atoms with E-state index in [2.05, 4.69) is 4.52 Å². The summed E-state index contributed by atoms with van der Waals surface area (Å²) < 4.78 is 4.60. The van der Waals surface area contributed by atoms with Crippen LogP contribution in [0.3, 0.4) is 0 Å². The van der Waals surface area contributed by atoms with E-state index in [1.807, 2.05) is 0 Å². The molecule has 0 aromatic heterocycles. The molecule has 0 heterocycles. The first-order valence-corrected chi connectivity index (χ1v) is 4.40. The van der Waals surface area contributed by atoms with Crippen molar-refractivity contribution in [1.82, 2.24) is 0 Å². The first-order chi connectivity index (χ1) is 3.62. The Hall–Kier alpha value is 0.310. The Labute approximate surface area is 49.9 Å². The Kier molecular flexibility index (Phi) is 3.49. The Morgan fingerprint density at radius 3 is 2.00 bits per heavy atom. The zero-order valence-electron chi connectivity index (χ0n) is 5.16. The molecule has 3 nitrogen and oxygen atoms in total. The predicted octanol–water partition coefficient (Wildman–Crippen LogP) is 0.790. The zero-order chi connectivity index (χ0) is 6.62. The van der Waals surface area contributed by atoms with E-state index in [0.717, 1.165) is 0 Å². The third-order valence-corrected chi connectivity index (χ3v) is 2.24. The van der Waals surface area contributed by atoms with Crippen LogP contribution >= 0.6 is 7.94 Å². The summed E-state index contributed by atoms with van der Waals surface area (Å²) in [6.07, 6.45) is 0.306. The van der Waals surface area contributed by atoms with Crippen LogP contribution in [0.5, 0.6) is 0 Å². The molecule has 0 saturated heterocycles. The second-order valence-electron chi connectivity index (χ2n) is 1.40. The number of hydrogen-bond acceptors (Lipinski definition) is 3. The molecule has 2 N–H and O–H groups in total. The highest BCUT2D eigenvalue weighted by molar-refractivity contribution is 7.59. The fourth-order valence-corrected chi connectivity index (χ4v) is 0.894. The average Bonchev–Trinajstić information content (AvgIpc) is 1.67. The summed E-state index contributed by atoms with van der Waals surface area (Å²) >= 11 is 0. The molecule has 0 atom stereocenters. The minimum absolute atomic E-state index is 0.306. The predicted molar refractivity (Wildman–Crippen MR) is 33.5 cm³/mol. The average molecular weight is 139 g/mol. The smallest absolute Gasteiger partial charge is 0.193 e. The molecule has 0 bridgehead atoms. The minimum atomic E-state index is -2.92. The van der Waals surface area contributed by atoms with E-state index in [-0.39, 0.29) is 0 Å². The van der Waals surface area contributed by atoms with Crippen LogP contribution in [0, 0.1) is 0 Å². The molecule has 8 heavy (non-hydrogen) atoms. The molecule has 4 heteroatoms. The fourth-order valence-electron chi connectivity index (χ4n) is 0.298. The van der Waals surface area contributed by atoms with Gasteiger partial charge in [0.05, 0.1) is 6.61 Å². The second-order valence-corrected chi connectivity index (χ2v) is 3.62. The molecule has 0 saturated carbocycles. The van der Waals surface area contributed by atoms with Crippen LogP contribution in [0.15, 0.2) is 0 Å². The first kappa shape index (κ1) is 8.31. The molecule has 0 unspecified atom stereocenters. The van der Waals surface area contributed by atoms with E-state index in [1.54, 1.807) is 13.8 Å². The van der Waals surface area contributed by atoms with Crippen LogP contribution in [0.4, 0.5) is 0 Å². The van der Waals surface area contributed by atoms with E-state index >= 15 is 0 Å². The van der Waals surface area contributed by atoms with Crippen molar-refractivity contribution < 1.29 is 14.3 Å². The molecule has 0 aromatic carbocycles. The Balaban J connectivity index is 3.37. The Morgan fingerprint density at radius 1 is 1.38 bits per heavy atom. The highest BCUT2D eigenvalue weighted by Gasteiger charge is 2.31. The van der Waals surface area contributed by atoms with Crippen molar-refractivity contribution >= 4 is 7.94 Å². The summed E-state index contributed by atoms with van der Waals surface area (Å²) in [7, 11) is -2.92. The SMILES string of the molecule is CCO[P+](O)(O)CC. The Bertz CT molecular complexity index is 64.3. The van der Waals surface area contributed by atoms with Gasteiger partial charge < -0.3 is 0 Å². The van der Waals surface area contributed by atoms with E-state index in [9.17, 15) is 0 Å². The minimum Gasteiger partial charge on any atom is -0.193 e. The van der Waals surface area contributed by atoms with Gasteiger partial charge in [0.15, 0.2) is 0 Å². The van der Waals surface area contributed by atoms with Crippen molar-refractivity contribution in [1.29, 1.82) is 0 Å². The third-order valence-electron chi connectivity index (χ3n) is 0.748. The molecule has 0 amide bonds. The van der Waals surface area contributed by atoms with Crippen LogP contribution in [-0.4, -0.2) is 22.6 Å². The molecule has 0 aliphatic heterocycles. The standard InChI is InChI=1S/C4H12O3P/c1-3-7-8(5,6)4-2/h5-6H,3-4H2,1-2H3/q+1. The summed E-state index contributed by atoms with van der Waals surface area (Å²) in [5.74, 6) is 0. The lowest BCUT2D eigenvalue weighted by Crippen LogP contribution is -1.97. The van der Waals surface area contributed by atoms with E-state index in [0.29, 0.717) is 12.8 Å². The van der Waals surface area contributed by atoms with Crippen molar-refractivity contribution in [3.05, 3.63) is 0 Å². The fraction of sp³-hybridized carbons (Fsp3) is 1.00. The van der Waals surface area contributed by atoms with Gasteiger partial charge in [-0.25, -0.2) is 0 Å². The van der Waals surface area contributed by atoms with Crippen LogP contribution in [0.25, 0.3) is 0 Å². The van der Waals surface area contributed by atoms with Crippen molar-refractivity contribution in [2.24, 2.45) is 0 Å². The van der Waals surface area contributed by atoms with Crippen molar-refractivity contribution in [2.75, 3.05) is 12.8 Å². The van der Waals surface area contributed by atoms with Gasteiger partial charge in [0, 0.05) is 0 Å². The van der Waals surface area contributed by atoms with Crippen LogP contribution < -0.4 is 0 Å². The van der Waals surface area contributed by atoms with Gasteiger partial charge in [-0.05, 0) is 13.8 Å². The molecule has 0 rings (SSSR count). The van der Waals surface area contributed by atoms with Gasteiger partial charge in [-0.3, -0.25) is 0 Å². The largest absolute Gasteiger partial charge is 0.405 e. The van der Waals surface area contributed by atoms with Gasteiger partial charge in [-0.1, -0.05) is 0 Å². The highest BCUT2D eigenvalue weighted by atomic mass is 31.2. The van der Waals surface area contributed by atoms with Gasteiger partial charge in [0.25, 0.3) is 0 Å². The van der Waals surface area contributed by atoms with Crippen LogP contribution in [-0.2, 0) is 4.52 Å². The lowest BCUT2D eigenvalue weighted by Gasteiger charge is -2.05. The number of rotatable bonds is 3. The van der Waals surface area contributed by atoms with Gasteiger partial charge >= 0.3 is 7.94 Å². The summed E-state index contributed by atoms with van der Waals surface area (Å²) in [5.41, 5.74) is 0. The third kappa shape index (κ3) is 3.33. The van der Waals surface area contributed by atoms with Gasteiger partial charge in [-0.15, -0.1) is 0 Å². The van der Waals surface area contributed by atoms with Crippen LogP contribution in [0.2, 0.25) is 0 Å². The van der Waals surface area contributed by atoms with Gasteiger partial charge in [-0.2, -0.15) is 14.3 Å². The number of hydrogen-bond donors (Lipinski definition) is 2. The van der Waals surface area contributed by atoms with Crippen LogP contribution in [0.1, 0.15) is 13.8 Å².